The average molecular weight is 661 g/mol. The minimum atomic E-state index is -5.45. The molecule has 46 heavy (non-hydrogen) atoms. The summed E-state index contributed by atoms with van der Waals surface area (Å²) < 4.78 is 163. The van der Waals surface area contributed by atoms with Crippen LogP contribution in [0.15, 0.2) is 78.6 Å². The monoisotopic (exact) mass is 660 g/mol. The van der Waals surface area contributed by atoms with Crippen LogP contribution in [0.25, 0.3) is 28.1 Å². The molecule has 0 aromatic heterocycles. The molecule has 0 atom stereocenters. The van der Waals surface area contributed by atoms with E-state index < -0.39 is 70.7 Å². The number of unbranched alkanes of at least 4 members (excludes halogenated alkanes) is 1. The SMILES string of the molecule is CCCCOCC(F)=C(F)c1ccc(-c2ccc(-c3ccc(C(F)(F)Oc4cc(F)c(C(F)(F)F)c(F)c4)c(F)c3)c(F)c2)cc1. The van der Waals surface area contributed by atoms with Crippen molar-refractivity contribution in [3.05, 3.63) is 119 Å². The van der Waals surface area contributed by atoms with Crippen LogP contribution >= 0.6 is 0 Å². The second-order valence-corrected chi connectivity index (χ2v) is 9.97. The van der Waals surface area contributed by atoms with Gasteiger partial charge in [-0.05, 0) is 41.3 Å². The Bertz CT molecular complexity index is 1710. The molecular formula is C33H23F11O2. The molecule has 0 N–H and O–H groups in total. The zero-order chi connectivity index (χ0) is 33.8. The van der Waals surface area contributed by atoms with E-state index in [0.717, 1.165) is 18.6 Å². The summed E-state index contributed by atoms with van der Waals surface area (Å²) >= 11 is 0. The Morgan fingerprint density at radius 2 is 1.26 bits per heavy atom. The Kier molecular flexibility index (Phi) is 10.4. The Labute approximate surface area is 255 Å². The van der Waals surface area contributed by atoms with Gasteiger partial charge >= 0.3 is 12.3 Å². The molecule has 0 aliphatic rings. The van der Waals surface area contributed by atoms with E-state index in [4.69, 9.17) is 4.74 Å². The van der Waals surface area contributed by atoms with Gasteiger partial charge in [0.1, 0.15) is 41.2 Å². The van der Waals surface area contributed by atoms with Crippen molar-refractivity contribution in [3.8, 4) is 28.0 Å². The van der Waals surface area contributed by atoms with Crippen LogP contribution in [0, 0.1) is 23.3 Å². The van der Waals surface area contributed by atoms with Gasteiger partial charge in [0.25, 0.3) is 0 Å². The van der Waals surface area contributed by atoms with Crippen LogP contribution in [0.1, 0.15) is 36.5 Å². The van der Waals surface area contributed by atoms with E-state index in [0.29, 0.717) is 29.7 Å². The molecule has 0 saturated heterocycles. The van der Waals surface area contributed by atoms with E-state index in [1.807, 2.05) is 6.92 Å². The summed E-state index contributed by atoms with van der Waals surface area (Å²) in [5.74, 6) is -10.5. The van der Waals surface area contributed by atoms with E-state index in [9.17, 15) is 43.9 Å². The second kappa shape index (κ2) is 13.9. The molecule has 0 aliphatic carbocycles. The number of alkyl halides is 5. The van der Waals surface area contributed by atoms with Crippen molar-refractivity contribution < 1.29 is 57.8 Å². The number of hydrogen-bond donors (Lipinski definition) is 0. The highest BCUT2D eigenvalue weighted by molar-refractivity contribution is 5.73. The maximum Gasteiger partial charge on any atom is 0.429 e. The predicted molar refractivity (Wildman–Crippen MR) is 148 cm³/mol. The number of benzene rings is 4. The van der Waals surface area contributed by atoms with Crippen molar-refractivity contribution in [2.45, 2.75) is 32.1 Å². The number of ether oxygens (including phenoxy) is 2. The summed E-state index contributed by atoms with van der Waals surface area (Å²) in [7, 11) is 0. The molecule has 0 unspecified atom stereocenters. The van der Waals surface area contributed by atoms with Gasteiger partial charge in [0.05, 0.1) is 5.56 Å². The van der Waals surface area contributed by atoms with Crippen LogP contribution in [0.3, 0.4) is 0 Å². The lowest BCUT2D eigenvalue weighted by molar-refractivity contribution is -0.187. The summed E-state index contributed by atoms with van der Waals surface area (Å²) in [5, 5.41) is 0. The average Bonchev–Trinajstić information content (AvgIpc) is 2.97. The van der Waals surface area contributed by atoms with Gasteiger partial charge in [-0.25, -0.2) is 26.3 Å². The van der Waals surface area contributed by atoms with Gasteiger partial charge in [0, 0.05) is 29.9 Å². The maximum atomic E-state index is 15.1. The quantitative estimate of drug-likeness (QED) is 0.118. The Hall–Kier alpha value is -4.39. The molecule has 0 saturated carbocycles. The zero-order valence-corrected chi connectivity index (χ0v) is 23.7. The van der Waals surface area contributed by atoms with Gasteiger partial charge in [-0.1, -0.05) is 55.8 Å². The lowest BCUT2D eigenvalue weighted by Crippen LogP contribution is -2.24. The van der Waals surface area contributed by atoms with E-state index >= 15 is 4.39 Å². The van der Waals surface area contributed by atoms with Crippen LogP contribution in [0.2, 0.25) is 0 Å². The summed E-state index contributed by atoms with van der Waals surface area (Å²) in [6.45, 7) is 1.68. The molecule has 0 amide bonds. The summed E-state index contributed by atoms with van der Waals surface area (Å²) in [5.41, 5.74) is -3.51. The highest BCUT2D eigenvalue weighted by atomic mass is 19.4. The number of halogens is 11. The van der Waals surface area contributed by atoms with Crippen molar-refractivity contribution >= 4 is 5.83 Å². The first-order valence-electron chi connectivity index (χ1n) is 13.6. The summed E-state index contributed by atoms with van der Waals surface area (Å²) in [6.07, 6.45) is -8.52. The van der Waals surface area contributed by atoms with Crippen LogP contribution in [0.4, 0.5) is 48.3 Å². The molecular weight excluding hydrogens is 637 g/mol. The molecule has 0 spiro atoms. The molecule has 244 valence electrons. The molecule has 0 heterocycles. The van der Waals surface area contributed by atoms with E-state index in [1.54, 1.807) is 0 Å². The molecule has 4 rings (SSSR count). The van der Waals surface area contributed by atoms with Crippen molar-refractivity contribution in [1.82, 2.24) is 0 Å². The minimum absolute atomic E-state index is 0.0672. The van der Waals surface area contributed by atoms with Gasteiger partial charge in [-0.2, -0.15) is 22.0 Å². The van der Waals surface area contributed by atoms with Crippen molar-refractivity contribution in [1.29, 1.82) is 0 Å². The second-order valence-electron chi connectivity index (χ2n) is 9.97. The molecule has 13 heteroatoms. The van der Waals surface area contributed by atoms with E-state index in [1.165, 1.54) is 36.4 Å². The molecule has 0 fully saturated rings. The fourth-order valence-corrected chi connectivity index (χ4v) is 4.37. The molecule has 0 bridgehead atoms. The summed E-state index contributed by atoms with van der Waals surface area (Å²) in [6, 6.07) is 10.8. The molecule has 2 nitrogen and oxygen atoms in total. The van der Waals surface area contributed by atoms with E-state index in [-0.39, 0.29) is 35.4 Å². The number of rotatable bonds is 11. The summed E-state index contributed by atoms with van der Waals surface area (Å²) in [4.78, 5) is 0. The Morgan fingerprint density at radius 1 is 0.674 bits per heavy atom. The lowest BCUT2D eigenvalue weighted by Gasteiger charge is -2.20. The topological polar surface area (TPSA) is 18.5 Å². The standard InChI is InChI=1S/C33H23F11O2/c1-2-3-12-45-17-29(38)31(39)19-6-4-18(5-7-19)20-8-10-23(25(34)13-20)21-9-11-24(26(35)14-21)33(43,44)46-22-15-27(36)30(28(37)16-22)32(40,41)42/h4-11,13-16H,2-3,12,17H2,1H3. The fourth-order valence-electron chi connectivity index (χ4n) is 4.37. The van der Waals surface area contributed by atoms with Crippen LogP contribution in [-0.2, 0) is 17.0 Å². The first kappa shape index (κ1) is 34.5. The highest BCUT2D eigenvalue weighted by Crippen LogP contribution is 2.39. The Balaban J connectivity index is 1.52. The van der Waals surface area contributed by atoms with Crippen molar-refractivity contribution in [2.75, 3.05) is 13.2 Å². The third-order valence-corrected chi connectivity index (χ3v) is 6.69. The molecule has 0 radical (unpaired) electrons. The molecule has 4 aromatic rings. The lowest BCUT2D eigenvalue weighted by atomic mass is 9.98. The van der Waals surface area contributed by atoms with Crippen molar-refractivity contribution in [2.24, 2.45) is 0 Å². The van der Waals surface area contributed by atoms with Gasteiger partial charge in [-0.15, -0.1) is 0 Å². The van der Waals surface area contributed by atoms with Gasteiger partial charge in [0.2, 0.25) is 0 Å². The smallest absolute Gasteiger partial charge is 0.429 e. The maximum absolute atomic E-state index is 15.1. The predicted octanol–water partition coefficient (Wildman–Crippen LogP) is 11.1. The Morgan fingerprint density at radius 3 is 1.83 bits per heavy atom. The molecule has 4 aromatic carbocycles. The zero-order valence-electron chi connectivity index (χ0n) is 23.7. The third-order valence-electron chi connectivity index (χ3n) is 6.69. The normalized spacial score (nSPS) is 12.7. The first-order valence-corrected chi connectivity index (χ1v) is 13.6. The first-order chi connectivity index (χ1) is 21.6. The van der Waals surface area contributed by atoms with Gasteiger partial charge in [0.15, 0.2) is 11.7 Å². The van der Waals surface area contributed by atoms with E-state index in [2.05, 4.69) is 4.74 Å². The van der Waals surface area contributed by atoms with Gasteiger partial charge < -0.3 is 9.47 Å². The third kappa shape index (κ3) is 7.87. The highest BCUT2D eigenvalue weighted by Gasteiger charge is 2.41. The fraction of sp³-hybridized carbons (Fsp3) is 0.212. The van der Waals surface area contributed by atoms with Crippen LogP contribution in [0.5, 0.6) is 5.75 Å². The number of hydrogen-bond acceptors (Lipinski definition) is 2. The van der Waals surface area contributed by atoms with Gasteiger partial charge in [-0.3, -0.25) is 0 Å². The van der Waals surface area contributed by atoms with Crippen LogP contribution < -0.4 is 4.74 Å². The minimum Gasteiger partial charge on any atom is -0.429 e. The van der Waals surface area contributed by atoms with Crippen molar-refractivity contribution in [3.63, 3.8) is 0 Å². The van der Waals surface area contributed by atoms with Crippen LogP contribution in [-0.4, -0.2) is 13.2 Å². The largest absolute Gasteiger partial charge is 0.429 e. The molecule has 0 aliphatic heterocycles.